The molecule has 1 aromatic carbocycles. The zero-order valence-corrected chi connectivity index (χ0v) is 18.5. The summed E-state index contributed by atoms with van der Waals surface area (Å²) in [5, 5.41) is 0. The van der Waals surface area contributed by atoms with E-state index in [2.05, 4.69) is 9.80 Å². The van der Waals surface area contributed by atoms with Crippen LogP contribution in [0.15, 0.2) is 23.2 Å². The minimum absolute atomic E-state index is 0.271. The molecular formula is C24H29FN6O. The van der Waals surface area contributed by atoms with E-state index < -0.39 is 5.60 Å². The molecule has 8 heteroatoms. The van der Waals surface area contributed by atoms with Crippen molar-refractivity contribution in [1.29, 1.82) is 0 Å². The van der Waals surface area contributed by atoms with Crippen molar-refractivity contribution in [2.75, 3.05) is 31.1 Å². The highest BCUT2D eigenvalue weighted by molar-refractivity contribution is 6.00. The van der Waals surface area contributed by atoms with Gasteiger partial charge in [0.1, 0.15) is 28.7 Å². The molecule has 2 N–H and O–H groups in total. The standard InChI is InChI=1S/C24H29FN6O/c1-15-22(29-18-14-27-23(20(18)28-15)30-9-3-2-4-10-30)31-11-7-24(8-12-31)21(26)17-13-16(25)5-6-19(17)32-24/h5-6,13,21H,2-4,7-12,14,26H2,1H3/t21-/m1/s1. The lowest BCUT2D eigenvalue weighted by Crippen LogP contribution is -2.51. The Labute approximate surface area is 187 Å². The van der Waals surface area contributed by atoms with Gasteiger partial charge in [0.25, 0.3) is 0 Å². The number of anilines is 1. The van der Waals surface area contributed by atoms with Crippen LogP contribution in [0.25, 0.3) is 0 Å². The van der Waals surface area contributed by atoms with Crippen LogP contribution in [0.1, 0.15) is 60.8 Å². The molecule has 1 aromatic heterocycles. The highest BCUT2D eigenvalue weighted by Crippen LogP contribution is 2.47. The minimum Gasteiger partial charge on any atom is -0.485 e. The Morgan fingerprint density at radius 2 is 1.84 bits per heavy atom. The highest BCUT2D eigenvalue weighted by Gasteiger charge is 2.49. The highest BCUT2D eigenvalue weighted by atomic mass is 19.1. The molecule has 168 valence electrons. The van der Waals surface area contributed by atoms with Crippen LogP contribution in [-0.4, -0.2) is 52.5 Å². The lowest BCUT2D eigenvalue weighted by molar-refractivity contribution is 0.0430. The zero-order chi connectivity index (χ0) is 21.9. The Balaban J connectivity index is 1.20. The van der Waals surface area contributed by atoms with E-state index in [1.165, 1.54) is 31.4 Å². The van der Waals surface area contributed by atoms with Crippen LogP contribution >= 0.6 is 0 Å². The third-order valence-corrected chi connectivity index (χ3v) is 7.46. The number of hydrogen-bond acceptors (Lipinski definition) is 7. The zero-order valence-electron chi connectivity index (χ0n) is 18.5. The van der Waals surface area contributed by atoms with Gasteiger partial charge in [0.05, 0.1) is 24.0 Å². The molecule has 2 aromatic rings. The van der Waals surface area contributed by atoms with Crippen molar-refractivity contribution in [2.45, 2.75) is 57.2 Å². The molecule has 0 saturated carbocycles. The molecule has 0 aliphatic carbocycles. The second-order valence-corrected chi connectivity index (χ2v) is 9.43. The molecule has 0 unspecified atom stereocenters. The molecule has 1 spiro atoms. The summed E-state index contributed by atoms with van der Waals surface area (Å²) in [5.74, 6) is 2.40. The Bertz CT molecular complexity index is 1090. The number of amidine groups is 1. The molecular weight excluding hydrogens is 407 g/mol. The lowest BCUT2D eigenvalue weighted by atomic mass is 9.83. The number of benzene rings is 1. The number of halogens is 1. The summed E-state index contributed by atoms with van der Waals surface area (Å²) in [4.78, 5) is 19.4. The van der Waals surface area contributed by atoms with Crippen molar-refractivity contribution in [3.63, 3.8) is 0 Å². The van der Waals surface area contributed by atoms with Gasteiger partial charge in [0, 0.05) is 44.6 Å². The Morgan fingerprint density at radius 3 is 2.62 bits per heavy atom. The number of nitrogens with two attached hydrogens (primary N) is 1. The number of ether oxygens (including phenoxy) is 1. The molecule has 0 bridgehead atoms. The SMILES string of the molecule is Cc1nc2c(nc1N1CCC3(CC1)Oc1ccc(F)cc1[C@H]3N)CN=C2N1CCCCC1. The number of piperidine rings is 2. The van der Waals surface area contributed by atoms with E-state index in [0.717, 1.165) is 73.3 Å². The average Bonchev–Trinajstić information content (AvgIpc) is 3.33. The van der Waals surface area contributed by atoms with Gasteiger partial charge in [-0.2, -0.15) is 0 Å². The molecule has 2 saturated heterocycles. The first kappa shape index (κ1) is 19.9. The first-order chi connectivity index (χ1) is 15.5. The molecule has 7 nitrogen and oxygen atoms in total. The smallest absolute Gasteiger partial charge is 0.152 e. The van der Waals surface area contributed by atoms with Crippen LogP contribution in [0.3, 0.4) is 0 Å². The fourth-order valence-electron chi connectivity index (χ4n) is 5.64. The van der Waals surface area contributed by atoms with Crippen LogP contribution in [0.4, 0.5) is 10.2 Å². The molecule has 1 atom stereocenters. The molecule has 4 aliphatic heterocycles. The fraction of sp³-hybridized carbons (Fsp3) is 0.542. The number of aliphatic imine (C=N–C) groups is 1. The molecule has 4 aliphatic rings. The largest absolute Gasteiger partial charge is 0.485 e. The average molecular weight is 437 g/mol. The van der Waals surface area contributed by atoms with Gasteiger partial charge in [-0.25, -0.2) is 14.4 Å². The number of aromatic nitrogens is 2. The number of fused-ring (bicyclic) bond motifs is 2. The van der Waals surface area contributed by atoms with Gasteiger partial charge in [0.15, 0.2) is 5.84 Å². The van der Waals surface area contributed by atoms with E-state index >= 15 is 0 Å². The third kappa shape index (κ3) is 3.07. The van der Waals surface area contributed by atoms with Crippen molar-refractivity contribution >= 4 is 11.7 Å². The number of likely N-dealkylation sites (tertiary alicyclic amines) is 1. The van der Waals surface area contributed by atoms with Crippen LogP contribution in [-0.2, 0) is 6.54 Å². The Morgan fingerprint density at radius 1 is 1.06 bits per heavy atom. The van der Waals surface area contributed by atoms with Gasteiger partial charge in [-0.15, -0.1) is 0 Å². The van der Waals surface area contributed by atoms with Gasteiger partial charge < -0.3 is 20.3 Å². The van der Waals surface area contributed by atoms with Gasteiger partial charge in [-0.3, -0.25) is 4.99 Å². The summed E-state index contributed by atoms with van der Waals surface area (Å²) in [6.07, 6.45) is 5.25. The molecule has 6 rings (SSSR count). The lowest BCUT2D eigenvalue weighted by Gasteiger charge is -2.41. The summed E-state index contributed by atoms with van der Waals surface area (Å²) < 4.78 is 20.0. The van der Waals surface area contributed by atoms with E-state index in [0.29, 0.717) is 12.3 Å². The topological polar surface area (TPSA) is 79.9 Å². The van der Waals surface area contributed by atoms with Crippen molar-refractivity contribution in [2.24, 2.45) is 10.7 Å². The second kappa shape index (κ2) is 7.40. The van der Waals surface area contributed by atoms with Crippen molar-refractivity contribution in [3.05, 3.63) is 46.7 Å². The number of rotatable bonds is 1. The molecule has 0 radical (unpaired) electrons. The fourth-order valence-corrected chi connectivity index (χ4v) is 5.64. The first-order valence-electron chi connectivity index (χ1n) is 11.7. The predicted molar refractivity (Wildman–Crippen MR) is 121 cm³/mol. The maximum atomic E-state index is 13.7. The summed E-state index contributed by atoms with van der Waals surface area (Å²) in [6.45, 7) is 6.31. The van der Waals surface area contributed by atoms with Crippen LogP contribution < -0.4 is 15.4 Å². The van der Waals surface area contributed by atoms with Gasteiger partial charge >= 0.3 is 0 Å². The van der Waals surface area contributed by atoms with Crippen molar-refractivity contribution < 1.29 is 9.13 Å². The van der Waals surface area contributed by atoms with Crippen molar-refractivity contribution in [1.82, 2.24) is 14.9 Å². The normalized spacial score (nSPS) is 23.7. The van der Waals surface area contributed by atoms with Gasteiger partial charge in [0.2, 0.25) is 0 Å². The maximum Gasteiger partial charge on any atom is 0.152 e. The quantitative estimate of drug-likeness (QED) is 0.740. The van der Waals surface area contributed by atoms with Crippen LogP contribution in [0.5, 0.6) is 5.75 Å². The monoisotopic (exact) mass is 436 g/mol. The van der Waals surface area contributed by atoms with Crippen LogP contribution in [0.2, 0.25) is 0 Å². The summed E-state index contributed by atoms with van der Waals surface area (Å²) in [5.41, 5.74) is 9.71. The molecule has 5 heterocycles. The van der Waals surface area contributed by atoms with E-state index in [9.17, 15) is 4.39 Å². The maximum absolute atomic E-state index is 13.7. The van der Waals surface area contributed by atoms with E-state index in [1.807, 2.05) is 6.92 Å². The summed E-state index contributed by atoms with van der Waals surface area (Å²) in [6, 6.07) is 4.32. The first-order valence-corrected chi connectivity index (χ1v) is 11.7. The number of aryl methyl sites for hydroxylation is 1. The molecule has 0 amide bonds. The van der Waals surface area contributed by atoms with Gasteiger partial charge in [-0.05, 0) is 44.4 Å². The molecule has 2 fully saturated rings. The Kier molecular flexibility index (Phi) is 4.61. The van der Waals surface area contributed by atoms with E-state index in [1.54, 1.807) is 6.07 Å². The van der Waals surface area contributed by atoms with E-state index in [-0.39, 0.29) is 11.9 Å². The van der Waals surface area contributed by atoms with E-state index in [4.69, 9.17) is 25.4 Å². The third-order valence-electron chi connectivity index (χ3n) is 7.46. The second-order valence-electron chi connectivity index (χ2n) is 9.43. The number of nitrogens with zero attached hydrogens (tertiary/aromatic N) is 5. The van der Waals surface area contributed by atoms with Crippen molar-refractivity contribution in [3.8, 4) is 5.75 Å². The van der Waals surface area contributed by atoms with Crippen LogP contribution in [0, 0.1) is 12.7 Å². The summed E-state index contributed by atoms with van der Waals surface area (Å²) in [7, 11) is 0. The van der Waals surface area contributed by atoms with Gasteiger partial charge in [-0.1, -0.05) is 0 Å². The summed E-state index contributed by atoms with van der Waals surface area (Å²) >= 11 is 0. The predicted octanol–water partition coefficient (Wildman–Crippen LogP) is 3.10. The number of hydrogen-bond donors (Lipinski definition) is 1. The minimum atomic E-state index is -0.477. The molecule has 32 heavy (non-hydrogen) atoms. The Hall–Kier alpha value is -2.74.